The van der Waals surface area contributed by atoms with Crippen molar-refractivity contribution in [1.29, 1.82) is 0 Å². The minimum Gasteiger partial charge on any atom is -0.356 e. The molecule has 1 atom stereocenters. The summed E-state index contributed by atoms with van der Waals surface area (Å²) in [6.07, 6.45) is 7.79. The number of unbranched alkanes of at least 4 members (excludes halogenated alkanes) is 5. The number of rotatable bonds is 12. The highest BCUT2D eigenvalue weighted by Gasteiger charge is 2.15. The maximum absolute atomic E-state index is 11.4. The van der Waals surface area contributed by atoms with Crippen LogP contribution in [0.1, 0.15) is 71.6 Å². The van der Waals surface area contributed by atoms with E-state index >= 15 is 0 Å². The summed E-state index contributed by atoms with van der Waals surface area (Å²) in [7, 11) is -3.88. The molecule has 0 aromatic carbocycles. The molecule has 0 aromatic rings. The van der Waals surface area contributed by atoms with E-state index in [0.29, 0.717) is 12.8 Å². The van der Waals surface area contributed by atoms with E-state index in [1.165, 1.54) is 6.92 Å². The molecule has 6 heteroatoms. The molecule has 1 unspecified atom stereocenters. The van der Waals surface area contributed by atoms with Crippen LogP contribution in [-0.2, 0) is 14.9 Å². The van der Waals surface area contributed by atoms with Crippen LogP contribution in [-0.4, -0.2) is 30.7 Å². The number of carbonyl (C=O) groups excluding carboxylic acids is 1. The van der Waals surface area contributed by atoms with Crippen molar-refractivity contribution in [2.45, 2.75) is 76.9 Å². The summed E-state index contributed by atoms with van der Waals surface area (Å²) >= 11 is 0. The number of nitrogens with one attached hydrogen (secondary N) is 1. The molecule has 120 valence electrons. The van der Waals surface area contributed by atoms with E-state index in [1.54, 1.807) is 0 Å². The van der Waals surface area contributed by atoms with Crippen LogP contribution in [0.15, 0.2) is 0 Å². The first-order valence-corrected chi connectivity index (χ1v) is 9.11. The molecule has 0 heterocycles. The Bertz CT molecular complexity index is 354. The molecular weight excluding hydrogens is 278 g/mol. The Kier molecular flexibility index (Phi) is 10.7. The molecule has 1 amide bonds. The average molecular weight is 307 g/mol. The number of carbonyl (C=O) groups is 1. The quantitative estimate of drug-likeness (QED) is 0.429. The predicted octanol–water partition coefficient (Wildman–Crippen LogP) is 2.91. The Morgan fingerprint density at radius 2 is 1.70 bits per heavy atom. The molecule has 0 saturated heterocycles. The van der Waals surface area contributed by atoms with Gasteiger partial charge in [0, 0.05) is 13.0 Å². The molecule has 2 N–H and O–H groups in total. The van der Waals surface area contributed by atoms with Gasteiger partial charge >= 0.3 is 0 Å². The Hall–Kier alpha value is -0.620. The molecule has 0 radical (unpaired) electrons. The van der Waals surface area contributed by atoms with Gasteiger partial charge in [-0.2, -0.15) is 8.42 Å². The van der Waals surface area contributed by atoms with Gasteiger partial charge in [0.1, 0.15) is 0 Å². The van der Waals surface area contributed by atoms with Crippen molar-refractivity contribution in [3.8, 4) is 0 Å². The SMILES string of the molecule is CCCCNC(=O)CCCCCCCC(C)S(=O)(=O)O. The maximum Gasteiger partial charge on any atom is 0.267 e. The van der Waals surface area contributed by atoms with Crippen molar-refractivity contribution in [1.82, 2.24) is 5.32 Å². The molecule has 0 rings (SSSR count). The second kappa shape index (κ2) is 11.1. The molecule has 0 saturated carbocycles. The summed E-state index contributed by atoms with van der Waals surface area (Å²) in [5.41, 5.74) is 0. The molecule has 0 fully saturated rings. The highest BCUT2D eigenvalue weighted by atomic mass is 32.2. The van der Waals surface area contributed by atoms with Gasteiger partial charge in [-0.3, -0.25) is 9.35 Å². The second-order valence-electron chi connectivity index (χ2n) is 5.34. The van der Waals surface area contributed by atoms with Crippen molar-refractivity contribution >= 4 is 16.0 Å². The molecular formula is C14H29NO4S. The summed E-state index contributed by atoms with van der Waals surface area (Å²) < 4.78 is 30.4. The lowest BCUT2D eigenvalue weighted by Gasteiger charge is -2.07. The van der Waals surface area contributed by atoms with E-state index in [4.69, 9.17) is 4.55 Å². The first kappa shape index (κ1) is 19.4. The summed E-state index contributed by atoms with van der Waals surface area (Å²) in [6, 6.07) is 0. The fraction of sp³-hybridized carbons (Fsp3) is 0.929. The third-order valence-electron chi connectivity index (χ3n) is 3.38. The standard InChI is InChI=1S/C14H29NO4S/c1-3-4-12-15-14(16)11-9-7-5-6-8-10-13(2)20(17,18)19/h13H,3-12H2,1-2H3,(H,15,16)(H,17,18,19). The Morgan fingerprint density at radius 3 is 2.30 bits per heavy atom. The largest absolute Gasteiger partial charge is 0.356 e. The first-order chi connectivity index (χ1) is 9.38. The van der Waals surface area contributed by atoms with Crippen LogP contribution in [0, 0.1) is 0 Å². The fourth-order valence-corrected chi connectivity index (χ4v) is 2.35. The Labute approximate surface area is 123 Å². The van der Waals surface area contributed by atoms with Gasteiger partial charge < -0.3 is 5.32 Å². The smallest absolute Gasteiger partial charge is 0.267 e. The van der Waals surface area contributed by atoms with Crippen molar-refractivity contribution in [3.05, 3.63) is 0 Å². The lowest BCUT2D eigenvalue weighted by Crippen LogP contribution is -2.23. The van der Waals surface area contributed by atoms with Crippen LogP contribution in [0.4, 0.5) is 0 Å². The summed E-state index contributed by atoms with van der Waals surface area (Å²) in [6.45, 7) is 4.38. The summed E-state index contributed by atoms with van der Waals surface area (Å²) in [5.74, 6) is 0.124. The van der Waals surface area contributed by atoms with Crippen LogP contribution >= 0.6 is 0 Å². The van der Waals surface area contributed by atoms with Gasteiger partial charge in [0.25, 0.3) is 10.1 Å². The van der Waals surface area contributed by atoms with Crippen molar-refractivity contribution in [2.24, 2.45) is 0 Å². The third-order valence-corrected chi connectivity index (χ3v) is 4.63. The average Bonchev–Trinajstić information content (AvgIpc) is 2.36. The van der Waals surface area contributed by atoms with Gasteiger partial charge in [-0.1, -0.05) is 39.0 Å². The molecule has 0 aromatic heterocycles. The van der Waals surface area contributed by atoms with Crippen LogP contribution in [0.5, 0.6) is 0 Å². The predicted molar refractivity (Wildman–Crippen MR) is 81.2 cm³/mol. The van der Waals surface area contributed by atoms with E-state index < -0.39 is 15.4 Å². The van der Waals surface area contributed by atoms with E-state index in [9.17, 15) is 13.2 Å². The topological polar surface area (TPSA) is 83.5 Å². The highest BCUT2D eigenvalue weighted by Crippen LogP contribution is 2.12. The number of amides is 1. The molecule has 0 aliphatic heterocycles. The van der Waals surface area contributed by atoms with Gasteiger partial charge in [-0.15, -0.1) is 0 Å². The zero-order chi connectivity index (χ0) is 15.4. The molecule has 0 aliphatic carbocycles. The minimum absolute atomic E-state index is 0.124. The molecule has 0 bridgehead atoms. The number of hydrogen-bond donors (Lipinski definition) is 2. The summed E-state index contributed by atoms with van der Waals surface area (Å²) in [5, 5.41) is 2.21. The van der Waals surface area contributed by atoms with Crippen LogP contribution < -0.4 is 5.32 Å². The van der Waals surface area contributed by atoms with Crippen molar-refractivity contribution in [3.63, 3.8) is 0 Å². The maximum atomic E-state index is 11.4. The zero-order valence-electron chi connectivity index (χ0n) is 12.7. The highest BCUT2D eigenvalue weighted by molar-refractivity contribution is 7.86. The van der Waals surface area contributed by atoms with Gasteiger partial charge in [0.05, 0.1) is 5.25 Å². The van der Waals surface area contributed by atoms with E-state index in [0.717, 1.165) is 51.5 Å². The normalized spacial score (nSPS) is 13.2. The monoisotopic (exact) mass is 307 g/mol. The van der Waals surface area contributed by atoms with E-state index in [-0.39, 0.29) is 5.91 Å². The molecule has 0 spiro atoms. The second-order valence-corrected chi connectivity index (χ2v) is 7.17. The zero-order valence-corrected chi connectivity index (χ0v) is 13.5. The van der Waals surface area contributed by atoms with Gasteiger partial charge in [-0.05, 0) is 26.2 Å². The van der Waals surface area contributed by atoms with Gasteiger partial charge in [-0.25, -0.2) is 0 Å². The minimum atomic E-state index is -3.88. The van der Waals surface area contributed by atoms with Gasteiger partial charge in [0.15, 0.2) is 0 Å². The third kappa shape index (κ3) is 11.2. The molecule has 0 aliphatic rings. The first-order valence-electron chi connectivity index (χ1n) is 7.61. The van der Waals surface area contributed by atoms with E-state index in [1.807, 2.05) is 0 Å². The lowest BCUT2D eigenvalue weighted by molar-refractivity contribution is -0.121. The molecule has 5 nitrogen and oxygen atoms in total. The van der Waals surface area contributed by atoms with Crippen LogP contribution in [0.2, 0.25) is 0 Å². The van der Waals surface area contributed by atoms with Crippen molar-refractivity contribution in [2.75, 3.05) is 6.54 Å². The lowest BCUT2D eigenvalue weighted by atomic mass is 10.1. The van der Waals surface area contributed by atoms with Crippen LogP contribution in [0.25, 0.3) is 0 Å². The van der Waals surface area contributed by atoms with Gasteiger partial charge in [0.2, 0.25) is 5.91 Å². The Morgan fingerprint density at radius 1 is 1.10 bits per heavy atom. The van der Waals surface area contributed by atoms with Crippen LogP contribution in [0.3, 0.4) is 0 Å². The Balaban J connectivity index is 3.39. The van der Waals surface area contributed by atoms with E-state index in [2.05, 4.69) is 12.2 Å². The summed E-state index contributed by atoms with van der Waals surface area (Å²) in [4.78, 5) is 11.4. The van der Waals surface area contributed by atoms with Crippen molar-refractivity contribution < 1.29 is 17.8 Å². The number of hydrogen-bond acceptors (Lipinski definition) is 3. The molecule has 20 heavy (non-hydrogen) atoms. The fourth-order valence-electron chi connectivity index (χ4n) is 1.89.